The molecule has 3 heterocycles. The molecule has 146 valence electrons. The summed E-state index contributed by atoms with van der Waals surface area (Å²) in [6.07, 6.45) is 4.66. The van der Waals surface area contributed by atoms with Crippen LogP contribution in [0.3, 0.4) is 0 Å². The Morgan fingerprint density at radius 2 is 2.14 bits per heavy atom. The largest absolute Gasteiger partial charge is 0.352 e. The van der Waals surface area contributed by atoms with Crippen molar-refractivity contribution in [3.63, 3.8) is 0 Å². The van der Waals surface area contributed by atoms with Crippen LogP contribution < -0.4 is 5.32 Å². The van der Waals surface area contributed by atoms with Gasteiger partial charge in [0.15, 0.2) is 0 Å². The highest BCUT2D eigenvalue weighted by Crippen LogP contribution is 2.28. The van der Waals surface area contributed by atoms with Gasteiger partial charge in [-0.3, -0.25) is 9.78 Å². The average molecular weight is 418 g/mol. The third-order valence-electron chi connectivity index (χ3n) is 4.81. The van der Waals surface area contributed by atoms with Crippen LogP contribution in [0.1, 0.15) is 18.4 Å². The van der Waals surface area contributed by atoms with E-state index in [-0.39, 0.29) is 23.3 Å². The van der Waals surface area contributed by atoms with Crippen molar-refractivity contribution >= 4 is 38.7 Å². The van der Waals surface area contributed by atoms with Gasteiger partial charge in [-0.15, -0.1) is 0 Å². The van der Waals surface area contributed by atoms with Crippen LogP contribution >= 0.6 is 11.7 Å². The zero-order chi connectivity index (χ0) is 19.6. The van der Waals surface area contributed by atoms with Gasteiger partial charge in [-0.2, -0.15) is 13.1 Å². The monoisotopic (exact) mass is 417 g/mol. The van der Waals surface area contributed by atoms with Gasteiger partial charge in [0, 0.05) is 32.0 Å². The Kier molecular flexibility index (Phi) is 5.33. The van der Waals surface area contributed by atoms with E-state index in [1.807, 2.05) is 12.1 Å². The fraction of sp³-hybridized carbons (Fsp3) is 0.333. The number of benzene rings is 1. The molecular weight excluding hydrogens is 398 g/mol. The highest BCUT2D eigenvalue weighted by Gasteiger charge is 2.34. The molecule has 10 heteroatoms. The number of carbonyl (C=O) groups excluding carboxylic acids is 1. The molecule has 1 amide bonds. The molecule has 1 saturated heterocycles. The summed E-state index contributed by atoms with van der Waals surface area (Å²) in [5.41, 5.74) is 1.85. The van der Waals surface area contributed by atoms with E-state index in [4.69, 9.17) is 0 Å². The van der Waals surface area contributed by atoms with Crippen molar-refractivity contribution in [2.45, 2.75) is 24.3 Å². The van der Waals surface area contributed by atoms with Crippen molar-refractivity contribution < 1.29 is 13.2 Å². The van der Waals surface area contributed by atoms with Gasteiger partial charge in [0.25, 0.3) is 0 Å². The lowest BCUT2D eigenvalue weighted by atomic mass is 9.99. The third kappa shape index (κ3) is 3.75. The first-order valence-electron chi connectivity index (χ1n) is 8.94. The molecule has 0 spiro atoms. The average Bonchev–Trinajstić information content (AvgIpc) is 3.21. The van der Waals surface area contributed by atoms with Crippen molar-refractivity contribution in [1.29, 1.82) is 0 Å². The van der Waals surface area contributed by atoms with Gasteiger partial charge in [-0.05, 0) is 36.6 Å². The number of aromatic nitrogens is 3. The first kappa shape index (κ1) is 18.9. The second kappa shape index (κ2) is 7.90. The number of nitrogens with one attached hydrogen (secondary N) is 1. The van der Waals surface area contributed by atoms with Gasteiger partial charge >= 0.3 is 0 Å². The van der Waals surface area contributed by atoms with E-state index in [0.717, 1.165) is 17.3 Å². The van der Waals surface area contributed by atoms with Gasteiger partial charge in [-0.1, -0.05) is 12.1 Å². The second-order valence-electron chi connectivity index (χ2n) is 6.67. The number of pyridine rings is 1. The molecule has 0 saturated carbocycles. The van der Waals surface area contributed by atoms with Crippen LogP contribution in [0.25, 0.3) is 11.0 Å². The number of piperidine rings is 1. The number of rotatable bonds is 5. The van der Waals surface area contributed by atoms with Crippen LogP contribution in [-0.4, -0.2) is 45.5 Å². The summed E-state index contributed by atoms with van der Waals surface area (Å²) < 4.78 is 36.0. The summed E-state index contributed by atoms with van der Waals surface area (Å²) in [4.78, 5) is 16.8. The van der Waals surface area contributed by atoms with Gasteiger partial charge in [-0.25, -0.2) is 8.42 Å². The fourth-order valence-corrected chi connectivity index (χ4v) is 5.62. The van der Waals surface area contributed by atoms with E-state index >= 15 is 0 Å². The molecule has 0 radical (unpaired) electrons. The van der Waals surface area contributed by atoms with Crippen molar-refractivity contribution in [3.05, 3.63) is 48.3 Å². The number of hydrogen-bond donors (Lipinski definition) is 1. The molecule has 3 aromatic rings. The number of hydrogen-bond acceptors (Lipinski definition) is 7. The minimum Gasteiger partial charge on any atom is -0.352 e. The topological polar surface area (TPSA) is 105 Å². The Labute approximate surface area is 167 Å². The predicted octanol–water partition coefficient (Wildman–Crippen LogP) is 1.80. The number of sulfonamides is 1. The summed E-state index contributed by atoms with van der Waals surface area (Å²) >= 11 is 0.988. The van der Waals surface area contributed by atoms with Crippen LogP contribution in [0.2, 0.25) is 0 Å². The highest BCUT2D eigenvalue weighted by atomic mass is 32.2. The van der Waals surface area contributed by atoms with Gasteiger partial charge < -0.3 is 5.32 Å². The molecule has 0 aliphatic carbocycles. The Bertz CT molecular complexity index is 1080. The lowest BCUT2D eigenvalue weighted by Gasteiger charge is -2.31. The number of fused-ring (bicyclic) bond motifs is 1. The Morgan fingerprint density at radius 1 is 1.25 bits per heavy atom. The molecule has 1 aliphatic heterocycles. The molecule has 0 bridgehead atoms. The Morgan fingerprint density at radius 3 is 2.96 bits per heavy atom. The SMILES string of the molecule is O=C(NCc1cccnc1)[C@H]1CCCN(S(=O)(=O)c2cccc3nsnc23)C1. The molecule has 4 rings (SSSR count). The molecule has 1 fully saturated rings. The van der Waals surface area contributed by atoms with Gasteiger partial charge in [0.1, 0.15) is 15.9 Å². The van der Waals surface area contributed by atoms with Gasteiger partial charge in [0.05, 0.1) is 17.6 Å². The first-order chi connectivity index (χ1) is 13.6. The zero-order valence-electron chi connectivity index (χ0n) is 15.0. The third-order valence-corrected chi connectivity index (χ3v) is 7.25. The number of nitrogens with zero attached hydrogens (tertiary/aromatic N) is 4. The molecule has 8 nitrogen and oxygen atoms in total. The lowest BCUT2D eigenvalue weighted by molar-refractivity contribution is -0.126. The molecule has 0 unspecified atom stereocenters. The quantitative estimate of drug-likeness (QED) is 0.679. The molecule has 1 aliphatic rings. The van der Waals surface area contributed by atoms with Crippen molar-refractivity contribution in [1.82, 2.24) is 23.4 Å². The number of carbonyl (C=O) groups is 1. The van der Waals surface area contributed by atoms with E-state index in [0.29, 0.717) is 37.0 Å². The Hall–Kier alpha value is -2.43. The minimum atomic E-state index is -3.74. The van der Waals surface area contributed by atoms with E-state index in [1.165, 1.54) is 4.31 Å². The predicted molar refractivity (Wildman–Crippen MR) is 105 cm³/mol. The maximum Gasteiger partial charge on any atom is 0.245 e. The van der Waals surface area contributed by atoms with E-state index in [1.54, 1.807) is 30.6 Å². The molecule has 1 atom stereocenters. The maximum absolute atomic E-state index is 13.2. The molecule has 1 N–H and O–H groups in total. The maximum atomic E-state index is 13.2. The standard InChI is InChI=1S/C18H19N5O3S2/c24-18(20-11-13-4-2-8-19-10-13)14-5-3-9-23(12-14)28(25,26)16-7-1-6-15-17(16)22-27-21-15/h1-2,4,6-8,10,14H,3,5,9,11-12H2,(H,20,24)/t14-/m0/s1. The van der Waals surface area contributed by atoms with Crippen LogP contribution in [0.5, 0.6) is 0 Å². The molecule has 2 aromatic heterocycles. The Balaban J connectivity index is 1.48. The molecule has 1 aromatic carbocycles. The van der Waals surface area contributed by atoms with Crippen LogP contribution in [-0.2, 0) is 21.4 Å². The lowest BCUT2D eigenvalue weighted by Crippen LogP contribution is -2.45. The van der Waals surface area contributed by atoms with E-state index in [2.05, 4.69) is 19.0 Å². The van der Waals surface area contributed by atoms with Gasteiger partial charge in [0.2, 0.25) is 15.9 Å². The smallest absolute Gasteiger partial charge is 0.245 e. The highest BCUT2D eigenvalue weighted by molar-refractivity contribution is 7.89. The summed E-state index contributed by atoms with van der Waals surface area (Å²) in [6, 6.07) is 8.64. The van der Waals surface area contributed by atoms with Crippen molar-refractivity contribution in [2.75, 3.05) is 13.1 Å². The summed E-state index contributed by atoms with van der Waals surface area (Å²) in [5.74, 6) is -0.523. The molecular formula is C18H19N5O3S2. The van der Waals surface area contributed by atoms with E-state index in [9.17, 15) is 13.2 Å². The summed E-state index contributed by atoms with van der Waals surface area (Å²) in [7, 11) is -3.74. The normalized spacial score (nSPS) is 18.2. The summed E-state index contributed by atoms with van der Waals surface area (Å²) in [5, 5.41) is 2.88. The zero-order valence-corrected chi connectivity index (χ0v) is 16.6. The van der Waals surface area contributed by atoms with Crippen LogP contribution in [0.15, 0.2) is 47.6 Å². The summed E-state index contributed by atoms with van der Waals surface area (Å²) in [6.45, 7) is 0.928. The number of amides is 1. The molecule has 28 heavy (non-hydrogen) atoms. The minimum absolute atomic E-state index is 0.141. The fourth-order valence-electron chi connectivity index (χ4n) is 3.34. The van der Waals surface area contributed by atoms with Crippen LogP contribution in [0, 0.1) is 5.92 Å². The van der Waals surface area contributed by atoms with Crippen molar-refractivity contribution in [2.24, 2.45) is 5.92 Å². The second-order valence-corrected chi connectivity index (χ2v) is 9.10. The first-order valence-corrected chi connectivity index (χ1v) is 11.1. The van der Waals surface area contributed by atoms with E-state index < -0.39 is 10.0 Å². The van der Waals surface area contributed by atoms with Crippen LogP contribution in [0.4, 0.5) is 0 Å². The van der Waals surface area contributed by atoms with Crippen molar-refractivity contribution in [3.8, 4) is 0 Å².